The number of imide groups is 1. The maximum Gasteiger partial charge on any atom is 0.234 e. The average molecular weight is 331 g/mol. The molecule has 1 fully saturated rings. The second-order valence-electron chi connectivity index (χ2n) is 7.40. The van der Waals surface area contributed by atoms with Crippen LogP contribution < -0.4 is 0 Å². The Balaban J connectivity index is 1.90. The van der Waals surface area contributed by atoms with Crippen molar-refractivity contribution in [1.82, 2.24) is 4.90 Å². The minimum Gasteiger partial charge on any atom is -0.282 e. The number of carbonyl (C=O) groups excluding carboxylic acids is 2. The summed E-state index contributed by atoms with van der Waals surface area (Å²) in [5, 5.41) is 0. The van der Waals surface area contributed by atoms with Gasteiger partial charge in [-0.25, -0.2) is 0 Å². The van der Waals surface area contributed by atoms with Gasteiger partial charge >= 0.3 is 0 Å². The highest BCUT2D eigenvalue weighted by molar-refractivity contribution is 6.08. The fourth-order valence-electron chi connectivity index (χ4n) is 5.90. The number of benzene rings is 2. The molecule has 2 atom stereocenters. The molecule has 2 aromatic rings. The largest absolute Gasteiger partial charge is 0.282 e. The first kappa shape index (κ1) is 14.9. The SMILES string of the molecule is CCN1C(=O)C2C3c4ccccc4C(CC)(c4ccccc43)C2C1=O. The van der Waals surface area contributed by atoms with Crippen LogP contribution in [0.4, 0.5) is 0 Å². The van der Waals surface area contributed by atoms with Gasteiger partial charge in [0.15, 0.2) is 0 Å². The van der Waals surface area contributed by atoms with Gasteiger partial charge < -0.3 is 0 Å². The molecular formula is C22H21NO2. The van der Waals surface area contributed by atoms with Crippen LogP contribution in [0.5, 0.6) is 0 Å². The molecule has 2 bridgehead atoms. The number of carbonyl (C=O) groups is 2. The summed E-state index contributed by atoms with van der Waals surface area (Å²) in [6, 6.07) is 16.9. The fourth-order valence-corrected chi connectivity index (χ4v) is 5.90. The molecule has 0 spiro atoms. The molecule has 25 heavy (non-hydrogen) atoms. The highest BCUT2D eigenvalue weighted by Crippen LogP contribution is 2.64. The quantitative estimate of drug-likeness (QED) is 0.790. The lowest BCUT2D eigenvalue weighted by Crippen LogP contribution is -2.53. The van der Waals surface area contributed by atoms with Gasteiger partial charge in [0, 0.05) is 17.9 Å². The van der Waals surface area contributed by atoms with E-state index in [1.165, 1.54) is 27.2 Å². The summed E-state index contributed by atoms with van der Waals surface area (Å²) in [4.78, 5) is 27.9. The van der Waals surface area contributed by atoms with E-state index in [1.807, 2.05) is 6.92 Å². The van der Waals surface area contributed by atoms with Crippen molar-refractivity contribution >= 4 is 11.8 Å². The monoisotopic (exact) mass is 331 g/mol. The first-order valence-electron chi connectivity index (χ1n) is 9.20. The lowest BCUT2D eigenvalue weighted by Gasteiger charge is -2.54. The van der Waals surface area contributed by atoms with Gasteiger partial charge in [-0.15, -0.1) is 0 Å². The van der Waals surface area contributed by atoms with Crippen LogP contribution in [-0.4, -0.2) is 23.3 Å². The third-order valence-electron chi connectivity index (χ3n) is 6.76. The van der Waals surface area contributed by atoms with E-state index in [0.717, 1.165) is 6.42 Å². The van der Waals surface area contributed by atoms with Crippen molar-refractivity contribution in [3.05, 3.63) is 70.8 Å². The number of likely N-dealkylation sites (tertiary alicyclic amines) is 1. The molecule has 0 radical (unpaired) electrons. The highest BCUT2D eigenvalue weighted by Gasteiger charge is 2.66. The molecule has 0 aromatic heterocycles. The van der Waals surface area contributed by atoms with E-state index in [9.17, 15) is 9.59 Å². The van der Waals surface area contributed by atoms with Crippen molar-refractivity contribution in [2.24, 2.45) is 11.8 Å². The van der Waals surface area contributed by atoms with Crippen molar-refractivity contribution in [2.75, 3.05) is 6.54 Å². The molecule has 3 nitrogen and oxygen atoms in total. The molecule has 6 rings (SSSR count). The summed E-state index contributed by atoms with van der Waals surface area (Å²) in [5.74, 6) is -0.478. The van der Waals surface area contributed by atoms with Crippen LogP contribution in [-0.2, 0) is 15.0 Å². The van der Waals surface area contributed by atoms with E-state index in [-0.39, 0.29) is 35.0 Å². The molecular weight excluding hydrogens is 310 g/mol. The molecule has 0 N–H and O–H groups in total. The molecule has 3 heteroatoms. The zero-order valence-electron chi connectivity index (χ0n) is 14.5. The Labute approximate surface area is 147 Å². The van der Waals surface area contributed by atoms with Gasteiger partial charge in [-0.05, 0) is 35.6 Å². The summed E-state index contributed by atoms with van der Waals surface area (Å²) in [7, 11) is 0. The summed E-state index contributed by atoms with van der Waals surface area (Å²) in [6.07, 6.45) is 0.825. The van der Waals surface area contributed by atoms with E-state index in [0.29, 0.717) is 6.54 Å². The molecule has 2 aromatic carbocycles. The third kappa shape index (κ3) is 1.49. The Morgan fingerprint density at radius 1 is 0.880 bits per heavy atom. The molecule has 3 aliphatic carbocycles. The summed E-state index contributed by atoms with van der Waals surface area (Å²) < 4.78 is 0. The van der Waals surface area contributed by atoms with E-state index < -0.39 is 0 Å². The Morgan fingerprint density at radius 3 is 1.96 bits per heavy atom. The van der Waals surface area contributed by atoms with Crippen LogP contribution in [0.3, 0.4) is 0 Å². The predicted molar refractivity (Wildman–Crippen MR) is 95.2 cm³/mol. The fraction of sp³-hybridized carbons (Fsp3) is 0.364. The second kappa shape index (κ2) is 4.81. The van der Waals surface area contributed by atoms with E-state index in [2.05, 4.69) is 55.5 Å². The van der Waals surface area contributed by atoms with Gasteiger partial charge in [0.2, 0.25) is 11.8 Å². The smallest absolute Gasteiger partial charge is 0.234 e. The van der Waals surface area contributed by atoms with Crippen LogP contribution in [0.1, 0.15) is 48.4 Å². The molecule has 126 valence electrons. The normalized spacial score (nSPS) is 31.8. The van der Waals surface area contributed by atoms with Crippen LogP contribution >= 0.6 is 0 Å². The van der Waals surface area contributed by atoms with Crippen molar-refractivity contribution < 1.29 is 9.59 Å². The minimum absolute atomic E-state index is 0.00109. The van der Waals surface area contributed by atoms with Gasteiger partial charge in [-0.2, -0.15) is 0 Å². The Morgan fingerprint density at radius 2 is 1.44 bits per heavy atom. The van der Waals surface area contributed by atoms with Gasteiger partial charge in [0.05, 0.1) is 11.8 Å². The van der Waals surface area contributed by atoms with Gasteiger partial charge in [0.1, 0.15) is 0 Å². The van der Waals surface area contributed by atoms with Crippen molar-refractivity contribution in [3.63, 3.8) is 0 Å². The van der Waals surface area contributed by atoms with E-state index >= 15 is 0 Å². The molecule has 1 saturated heterocycles. The predicted octanol–water partition coefficient (Wildman–Crippen LogP) is 3.46. The van der Waals surface area contributed by atoms with Crippen molar-refractivity contribution in [3.8, 4) is 0 Å². The third-order valence-corrected chi connectivity index (χ3v) is 6.76. The minimum atomic E-state index is -0.386. The molecule has 4 aliphatic rings. The van der Waals surface area contributed by atoms with Gasteiger partial charge in [-0.1, -0.05) is 55.5 Å². The number of nitrogens with zero attached hydrogens (tertiary/aromatic N) is 1. The lowest BCUT2D eigenvalue weighted by atomic mass is 9.46. The first-order valence-corrected chi connectivity index (χ1v) is 9.20. The van der Waals surface area contributed by atoms with Gasteiger partial charge in [-0.3, -0.25) is 14.5 Å². The summed E-state index contributed by atoms with van der Waals surface area (Å²) >= 11 is 0. The highest BCUT2D eigenvalue weighted by atomic mass is 16.2. The molecule has 2 amide bonds. The first-order chi connectivity index (χ1) is 12.2. The zero-order valence-corrected chi connectivity index (χ0v) is 14.5. The van der Waals surface area contributed by atoms with Crippen molar-refractivity contribution in [1.29, 1.82) is 0 Å². The maximum absolute atomic E-state index is 13.3. The molecule has 1 aliphatic heterocycles. The number of amides is 2. The number of rotatable bonds is 2. The Kier molecular flexibility index (Phi) is 2.87. The number of hydrogen-bond acceptors (Lipinski definition) is 2. The van der Waals surface area contributed by atoms with Crippen LogP contribution in [0.15, 0.2) is 48.5 Å². The molecule has 0 saturated carbocycles. The van der Waals surface area contributed by atoms with Crippen LogP contribution in [0.2, 0.25) is 0 Å². The van der Waals surface area contributed by atoms with Gasteiger partial charge in [0.25, 0.3) is 0 Å². The standard InChI is InChI=1S/C22H21NO2/c1-3-22-15-11-7-5-9-13(15)17(14-10-6-8-12-16(14)22)18-19(22)21(25)23(4-2)20(18)24/h5-12,17-19H,3-4H2,1-2H3. The topological polar surface area (TPSA) is 37.4 Å². The number of hydrogen-bond donors (Lipinski definition) is 0. The maximum atomic E-state index is 13.3. The van der Waals surface area contributed by atoms with Crippen LogP contribution in [0.25, 0.3) is 0 Å². The summed E-state index contributed by atoms with van der Waals surface area (Å²) in [5.41, 5.74) is 4.60. The molecule has 1 heterocycles. The second-order valence-corrected chi connectivity index (χ2v) is 7.40. The van der Waals surface area contributed by atoms with E-state index in [4.69, 9.17) is 0 Å². The Bertz CT molecular complexity index is 868. The average Bonchev–Trinajstić information content (AvgIpc) is 2.92. The van der Waals surface area contributed by atoms with Crippen LogP contribution in [0, 0.1) is 11.8 Å². The van der Waals surface area contributed by atoms with E-state index in [1.54, 1.807) is 0 Å². The lowest BCUT2D eigenvalue weighted by molar-refractivity contribution is -0.139. The zero-order chi connectivity index (χ0) is 17.3. The van der Waals surface area contributed by atoms with Crippen molar-refractivity contribution in [2.45, 2.75) is 31.6 Å². The summed E-state index contributed by atoms with van der Waals surface area (Å²) in [6.45, 7) is 4.51. The Hall–Kier alpha value is -2.42. The molecule has 2 unspecified atom stereocenters.